The van der Waals surface area contributed by atoms with Gasteiger partial charge in [-0.25, -0.2) is 9.78 Å². The number of anilines is 1. The van der Waals surface area contributed by atoms with Crippen molar-refractivity contribution in [3.63, 3.8) is 0 Å². The maximum Gasteiger partial charge on any atom is 0.335 e. The molecule has 0 radical (unpaired) electrons. The monoisotopic (exact) mass is 194 g/mol. The van der Waals surface area contributed by atoms with E-state index >= 15 is 0 Å². The number of hydrogen-bond acceptors (Lipinski definition) is 5. The molecule has 14 heavy (non-hydrogen) atoms. The fourth-order valence-electron chi connectivity index (χ4n) is 1.31. The summed E-state index contributed by atoms with van der Waals surface area (Å²) >= 11 is 0. The van der Waals surface area contributed by atoms with E-state index in [0.29, 0.717) is 18.0 Å². The summed E-state index contributed by atoms with van der Waals surface area (Å²) in [6.07, 6.45) is 1.90. The van der Waals surface area contributed by atoms with Crippen LogP contribution in [-0.4, -0.2) is 28.7 Å². The number of carbonyl (C=O) groups excluding carboxylic acids is 1. The molecule has 1 aromatic heterocycles. The Balaban J connectivity index is 2.22. The van der Waals surface area contributed by atoms with Crippen molar-refractivity contribution in [2.24, 2.45) is 0 Å². The van der Waals surface area contributed by atoms with Crippen LogP contribution in [0.2, 0.25) is 0 Å². The van der Waals surface area contributed by atoms with Crippen LogP contribution in [0.5, 0.6) is 5.88 Å². The van der Waals surface area contributed by atoms with E-state index in [0.717, 1.165) is 0 Å². The molecule has 0 saturated carbocycles. The van der Waals surface area contributed by atoms with Crippen molar-refractivity contribution in [3.8, 4) is 5.88 Å². The third-order valence-corrected chi connectivity index (χ3v) is 2.00. The SMILES string of the molecule is O=C1Oc2ncccc2NC1CCO. The summed E-state index contributed by atoms with van der Waals surface area (Å²) in [6.45, 7) is -0.0532. The van der Waals surface area contributed by atoms with Crippen molar-refractivity contribution >= 4 is 11.7 Å². The molecule has 0 aromatic carbocycles. The molecule has 5 heteroatoms. The lowest BCUT2D eigenvalue weighted by Crippen LogP contribution is -2.38. The Kier molecular flexibility index (Phi) is 2.32. The fourth-order valence-corrected chi connectivity index (χ4v) is 1.31. The van der Waals surface area contributed by atoms with Crippen LogP contribution in [0.4, 0.5) is 5.69 Å². The van der Waals surface area contributed by atoms with Crippen molar-refractivity contribution in [2.75, 3.05) is 11.9 Å². The molecular formula is C9H10N2O3. The molecule has 1 unspecified atom stereocenters. The van der Waals surface area contributed by atoms with E-state index < -0.39 is 12.0 Å². The Morgan fingerprint density at radius 1 is 1.64 bits per heavy atom. The van der Waals surface area contributed by atoms with E-state index in [-0.39, 0.29) is 6.61 Å². The second-order valence-corrected chi connectivity index (χ2v) is 2.99. The van der Waals surface area contributed by atoms with Gasteiger partial charge in [0.25, 0.3) is 0 Å². The highest BCUT2D eigenvalue weighted by atomic mass is 16.5. The quantitative estimate of drug-likeness (QED) is 0.656. The lowest BCUT2D eigenvalue weighted by molar-refractivity contribution is -0.136. The molecule has 0 aliphatic carbocycles. The maximum atomic E-state index is 11.3. The Bertz CT molecular complexity index is 354. The summed E-state index contributed by atoms with van der Waals surface area (Å²) < 4.78 is 4.97. The first kappa shape index (κ1) is 8.96. The summed E-state index contributed by atoms with van der Waals surface area (Å²) in [5, 5.41) is 11.7. The molecule has 1 aliphatic heterocycles. The topological polar surface area (TPSA) is 71.5 Å². The van der Waals surface area contributed by atoms with Crippen LogP contribution in [0, 0.1) is 0 Å². The number of aromatic nitrogens is 1. The molecule has 2 N–H and O–H groups in total. The number of aliphatic hydroxyl groups excluding tert-OH is 1. The van der Waals surface area contributed by atoms with E-state index in [9.17, 15) is 4.79 Å². The number of fused-ring (bicyclic) bond motifs is 1. The summed E-state index contributed by atoms with van der Waals surface area (Å²) in [7, 11) is 0. The number of carbonyl (C=O) groups is 1. The van der Waals surface area contributed by atoms with Gasteiger partial charge in [0.2, 0.25) is 5.88 Å². The zero-order valence-corrected chi connectivity index (χ0v) is 7.43. The van der Waals surface area contributed by atoms with Gasteiger partial charge in [-0.1, -0.05) is 0 Å². The van der Waals surface area contributed by atoms with Crippen LogP contribution in [0.25, 0.3) is 0 Å². The zero-order valence-electron chi connectivity index (χ0n) is 7.43. The van der Waals surface area contributed by atoms with Crippen molar-refractivity contribution in [1.82, 2.24) is 4.98 Å². The van der Waals surface area contributed by atoms with Crippen LogP contribution in [0.15, 0.2) is 18.3 Å². The van der Waals surface area contributed by atoms with Gasteiger partial charge in [0.15, 0.2) is 0 Å². The predicted octanol–water partition coefficient (Wildman–Crippen LogP) is 0.163. The smallest absolute Gasteiger partial charge is 0.335 e. The van der Waals surface area contributed by atoms with Gasteiger partial charge in [-0.05, 0) is 12.1 Å². The number of rotatable bonds is 2. The van der Waals surface area contributed by atoms with Crippen LogP contribution in [0.3, 0.4) is 0 Å². The van der Waals surface area contributed by atoms with Gasteiger partial charge in [-0.3, -0.25) is 0 Å². The van der Waals surface area contributed by atoms with Gasteiger partial charge in [0.1, 0.15) is 6.04 Å². The van der Waals surface area contributed by atoms with Crippen LogP contribution in [0.1, 0.15) is 6.42 Å². The van der Waals surface area contributed by atoms with Crippen molar-refractivity contribution in [1.29, 1.82) is 0 Å². The molecule has 0 saturated heterocycles. The summed E-state index contributed by atoms with van der Waals surface area (Å²) in [5.74, 6) is -0.100. The largest absolute Gasteiger partial charge is 0.404 e. The average Bonchev–Trinajstić information content (AvgIpc) is 2.19. The highest BCUT2D eigenvalue weighted by Gasteiger charge is 2.27. The number of ether oxygens (including phenoxy) is 1. The minimum Gasteiger partial charge on any atom is -0.404 e. The van der Waals surface area contributed by atoms with E-state index in [2.05, 4.69) is 10.3 Å². The molecule has 0 amide bonds. The third kappa shape index (κ3) is 1.54. The van der Waals surface area contributed by atoms with E-state index in [1.807, 2.05) is 0 Å². The van der Waals surface area contributed by atoms with Gasteiger partial charge in [-0.15, -0.1) is 0 Å². The molecule has 0 fully saturated rings. The van der Waals surface area contributed by atoms with E-state index in [1.165, 1.54) is 0 Å². The lowest BCUT2D eigenvalue weighted by Gasteiger charge is -2.23. The van der Waals surface area contributed by atoms with Crippen LogP contribution in [-0.2, 0) is 4.79 Å². The highest BCUT2D eigenvalue weighted by Crippen LogP contribution is 2.26. The predicted molar refractivity (Wildman–Crippen MR) is 49.0 cm³/mol. The molecule has 0 spiro atoms. The zero-order chi connectivity index (χ0) is 9.97. The van der Waals surface area contributed by atoms with E-state index in [1.54, 1.807) is 18.3 Å². The van der Waals surface area contributed by atoms with Crippen molar-refractivity contribution in [3.05, 3.63) is 18.3 Å². The van der Waals surface area contributed by atoms with Gasteiger partial charge in [0.05, 0.1) is 5.69 Å². The first-order valence-corrected chi connectivity index (χ1v) is 4.35. The Morgan fingerprint density at radius 2 is 2.50 bits per heavy atom. The Morgan fingerprint density at radius 3 is 3.29 bits per heavy atom. The number of hydrogen-bond donors (Lipinski definition) is 2. The average molecular weight is 194 g/mol. The molecule has 2 rings (SSSR count). The number of esters is 1. The number of aliphatic hydroxyl groups is 1. The Labute approximate surface area is 80.7 Å². The van der Waals surface area contributed by atoms with Gasteiger partial charge < -0.3 is 15.2 Å². The molecular weight excluding hydrogens is 184 g/mol. The Hall–Kier alpha value is -1.62. The standard InChI is InChI=1S/C9H10N2O3/c12-5-3-7-9(13)14-8-6(11-7)2-1-4-10-8/h1-2,4,7,11-12H,3,5H2. The second kappa shape index (κ2) is 3.63. The second-order valence-electron chi connectivity index (χ2n) is 2.99. The molecule has 1 atom stereocenters. The van der Waals surface area contributed by atoms with Crippen LogP contribution >= 0.6 is 0 Å². The van der Waals surface area contributed by atoms with Crippen molar-refractivity contribution in [2.45, 2.75) is 12.5 Å². The number of pyridine rings is 1. The molecule has 2 heterocycles. The molecule has 74 valence electrons. The summed E-state index contributed by atoms with van der Waals surface area (Å²) in [4.78, 5) is 15.2. The number of nitrogens with zero attached hydrogens (tertiary/aromatic N) is 1. The minimum absolute atomic E-state index is 0.0532. The first-order chi connectivity index (χ1) is 6.81. The molecule has 5 nitrogen and oxygen atoms in total. The fraction of sp³-hybridized carbons (Fsp3) is 0.333. The summed E-state index contributed by atoms with van der Waals surface area (Å²) in [6, 6.07) is 3.05. The minimum atomic E-state index is -0.475. The molecule has 0 bridgehead atoms. The van der Waals surface area contributed by atoms with Gasteiger partial charge in [0, 0.05) is 19.2 Å². The highest BCUT2D eigenvalue weighted by molar-refractivity contribution is 5.85. The maximum absolute atomic E-state index is 11.3. The van der Waals surface area contributed by atoms with Crippen molar-refractivity contribution < 1.29 is 14.6 Å². The molecule has 1 aromatic rings. The van der Waals surface area contributed by atoms with Gasteiger partial charge in [-0.2, -0.15) is 0 Å². The molecule has 1 aliphatic rings. The van der Waals surface area contributed by atoms with Gasteiger partial charge >= 0.3 is 5.97 Å². The van der Waals surface area contributed by atoms with Crippen LogP contribution < -0.4 is 10.1 Å². The normalized spacial score (nSPS) is 19.5. The summed E-state index contributed by atoms with van der Waals surface area (Å²) in [5.41, 5.74) is 0.686. The third-order valence-electron chi connectivity index (χ3n) is 2.00. The first-order valence-electron chi connectivity index (χ1n) is 4.35. The number of nitrogens with one attached hydrogen (secondary N) is 1. The van der Waals surface area contributed by atoms with E-state index in [4.69, 9.17) is 9.84 Å². The lowest BCUT2D eigenvalue weighted by atomic mass is 10.2.